The molecule has 0 radical (unpaired) electrons. The minimum Gasteiger partial charge on any atom is -0.338 e. The van der Waals surface area contributed by atoms with Gasteiger partial charge in [0, 0.05) is 42.8 Å². The summed E-state index contributed by atoms with van der Waals surface area (Å²) in [6.07, 6.45) is 5.77. The van der Waals surface area contributed by atoms with Crippen molar-refractivity contribution in [2.45, 2.75) is 19.4 Å². The van der Waals surface area contributed by atoms with E-state index in [1.165, 1.54) is 11.3 Å². The van der Waals surface area contributed by atoms with Gasteiger partial charge in [0.2, 0.25) is 0 Å². The zero-order valence-corrected chi connectivity index (χ0v) is 13.4. The summed E-state index contributed by atoms with van der Waals surface area (Å²) in [5.41, 5.74) is 0.894. The Hall–Kier alpha value is -2.27. The first kappa shape index (κ1) is 14.7. The van der Waals surface area contributed by atoms with Crippen molar-refractivity contribution in [3.05, 3.63) is 59.5 Å². The van der Waals surface area contributed by atoms with Crippen LogP contribution in [-0.4, -0.2) is 33.9 Å². The van der Waals surface area contributed by atoms with Crippen LogP contribution >= 0.6 is 11.3 Å². The van der Waals surface area contributed by atoms with Crippen LogP contribution in [0.3, 0.4) is 0 Å². The SMILES string of the molecule is CC(Cc1cnccn1)N(C)C(=O)c1cc2ccccc2s1. The van der Waals surface area contributed by atoms with E-state index in [1.807, 2.05) is 44.3 Å². The molecule has 1 amide bonds. The molecule has 1 unspecified atom stereocenters. The zero-order valence-electron chi connectivity index (χ0n) is 12.6. The monoisotopic (exact) mass is 311 g/mol. The average molecular weight is 311 g/mol. The lowest BCUT2D eigenvalue weighted by molar-refractivity contribution is 0.0748. The summed E-state index contributed by atoms with van der Waals surface area (Å²) >= 11 is 1.54. The normalized spacial score (nSPS) is 12.3. The zero-order chi connectivity index (χ0) is 15.5. The van der Waals surface area contributed by atoms with E-state index in [0.29, 0.717) is 6.42 Å². The number of likely N-dealkylation sites (N-methyl/N-ethyl adjacent to an activating group) is 1. The van der Waals surface area contributed by atoms with Crippen LogP contribution in [0.4, 0.5) is 0 Å². The number of fused-ring (bicyclic) bond motifs is 1. The van der Waals surface area contributed by atoms with Crippen molar-refractivity contribution < 1.29 is 4.79 Å². The van der Waals surface area contributed by atoms with E-state index in [2.05, 4.69) is 9.97 Å². The highest BCUT2D eigenvalue weighted by Crippen LogP contribution is 2.26. The van der Waals surface area contributed by atoms with Crippen molar-refractivity contribution in [2.24, 2.45) is 0 Å². The Morgan fingerprint density at radius 2 is 2.14 bits per heavy atom. The Labute approximate surface area is 133 Å². The Kier molecular flexibility index (Phi) is 4.15. The molecular weight excluding hydrogens is 294 g/mol. The minimum atomic E-state index is 0.0533. The lowest BCUT2D eigenvalue weighted by Gasteiger charge is -2.24. The van der Waals surface area contributed by atoms with Gasteiger partial charge in [-0.1, -0.05) is 18.2 Å². The summed E-state index contributed by atoms with van der Waals surface area (Å²) in [6, 6.07) is 10.1. The molecule has 0 saturated carbocycles. The molecule has 3 rings (SSSR count). The van der Waals surface area contributed by atoms with Gasteiger partial charge in [0.25, 0.3) is 5.91 Å². The van der Waals surface area contributed by atoms with E-state index in [1.54, 1.807) is 23.5 Å². The maximum absolute atomic E-state index is 12.6. The third-order valence-corrected chi connectivity index (χ3v) is 4.84. The molecule has 3 aromatic rings. The number of benzene rings is 1. The third kappa shape index (κ3) is 2.99. The largest absolute Gasteiger partial charge is 0.338 e. The Bertz CT molecular complexity index is 752. The number of hydrogen-bond donors (Lipinski definition) is 0. The lowest BCUT2D eigenvalue weighted by Crippen LogP contribution is -2.36. The Morgan fingerprint density at radius 3 is 2.86 bits per heavy atom. The van der Waals surface area contributed by atoms with Crippen LogP contribution < -0.4 is 0 Å². The fraction of sp³-hybridized carbons (Fsp3) is 0.235. The number of carbonyl (C=O) groups excluding carboxylic acids is 1. The van der Waals surface area contributed by atoms with E-state index >= 15 is 0 Å². The smallest absolute Gasteiger partial charge is 0.263 e. The maximum atomic E-state index is 12.6. The molecule has 4 nitrogen and oxygen atoms in total. The van der Waals surface area contributed by atoms with Crippen molar-refractivity contribution in [1.82, 2.24) is 14.9 Å². The molecule has 1 aromatic carbocycles. The second-order valence-corrected chi connectivity index (χ2v) is 6.40. The summed E-state index contributed by atoms with van der Waals surface area (Å²) in [5, 5.41) is 1.12. The van der Waals surface area contributed by atoms with Gasteiger partial charge in [0.05, 0.1) is 10.6 Å². The van der Waals surface area contributed by atoms with Crippen molar-refractivity contribution in [3.8, 4) is 0 Å². The Morgan fingerprint density at radius 1 is 1.32 bits per heavy atom. The number of thiophene rings is 1. The topological polar surface area (TPSA) is 46.1 Å². The molecule has 0 aliphatic rings. The summed E-state index contributed by atoms with van der Waals surface area (Å²) in [4.78, 5) is 23.5. The molecule has 112 valence electrons. The van der Waals surface area contributed by atoms with E-state index in [4.69, 9.17) is 0 Å². The van der Waals surface area contributed by atoms with Gasteiger partial charge in [0.15, 0.2) is 0 Å². The predicted molar refractivity (Wildman–Crippen MR) is 89.1 cm³/mol. The maximum Gasteiger partial charge on any atom is 0.263 e. The van der Waals surface area contributed by atoms with Crippen LogP contribution in [0.1, 0.15) is 22.3 Å². The van der Waals surface area contributed by atoms with Crippen LogP contribution in [0.25, 0.3) is 10.1 Å². The molecule has 0 fully saturated rings. The second-order valence-electron chi connectivity index (χ2n) is 5.31. The third-order valence-electron chi connectivity index (χ3n) is 3.74. The molecule has 22 heavy (non-hydrogen) atoms. The molecule has 0 bridgehead atoms. The first-order valence-electron chi connectivity index (χ1n) is 7.16. The van der Waals surface area contributed by atoms with Crippen LogP contribution in [0, 0.1) is 0 Å². The molecule has 0 aliphatic carbocycles. The highest BCUT2D eigenvalue weighted by Gasteiger charge is 2.20. The first-order valence-corrected chi connectivity index (χ1v) is 7.97. The molecular formula is C17H17N3OS. The van der Waals surface area contributed by atoms with Gasteiger partial charge in [-0.15, -0.1) is 11.3 Å². The summed E-state index contributed by atoms with van der Waals surface area (Å²) < 4.78 is 1.14. The number of carbonyl (C=O) groups is 1. The van der Waals surface area contributed by atoms with E-state index in [-0.39, 0.29) is 11.9 Å². The van der Waals surface area contributed by atoms with E-state index in [0.717, 1.165) is 20.7 Å². The molecule has 2 aromatic heterocycles. The van der Waals surface area contributed by atoms with Gasteiger partial charge in [-0.25, -0.2) is 0 Å². The van der Waals surface area contributed by atoms with Gasteiger partial charge in [-0.3, -0.25) is 14.8 Å². The summed E-state index contributed by atoms with van der Waals surface area (Å²) in [5.74, 6) is 0.0533. The van der Waals surface area contributed by atoms with Gasteiger partial charge in [0.1, 0.15) is 0 Å². The van der Waals surface area contributed by atoms with Crippen molar-refractivity contribution in [3.63, 3.8) is 0 Å². The average Bonchev–Trinajstić information content (AvgIpc) is 2.98. The molecule has 0 aliphatic heterocycles. The van der Waals surface area contributed by atoms with Gasteiger partial charge >= 0.3 is 0 Å². The Balaban J connectivity index is 1.75. The van der Waals surface area contributed by atoms with Gasteiger partial charge < -0.3 is 4.90 Å². The number of hydrogen-bond acceptors (Lipinski definition) is 4. The lowest BCUT2D eigenvalue weighted by atomic mass is 10.1. The predicted octanol–water partition coefficient (Wildman–Crippen LogP) is 3.39. The fourth-order valence-electron chi connectivity index (χ4n) is 2.34. The summed E-state index contributed by atoms with van der Waals surface area (Å²) in [7, 11) is 1.84. The molecule has 0 spiro atoms. The van der Waals surface area contributed by atoms with Crippen molar-refractivity contribution >= 4 is 27.3 Å². The van der Waals surface area contributed by atoms with Crippen LogP contribution in [0.15, 0.2) is 48.9 Å². The second kappa shape index (κ2) is 6.23. The standard InChI is InChI=1S/C17H17N3OS/c1-12(9-14-11-18-7-8-19-14)20(2)17(21)16-10-13-5-3-4-6-15(13)22-16/h3-8,10-12H,9H2,1-2H3. The van der Waals surface area contributed by atoms with Crippen molar-refractivity contribution in [1.29, 1.82) is 0 Å². The number of rotatable bonds is 4. The number of nitrogens with zero attached hydrogens (tertiary/aromatic N) is 3. The van der Waals surface area contributed by atoms with Crippen LogP contribution in [0.2, 0.25) is 0 Å². The molecule has 2 heterocycles. The van der Waals surface area contributed by atoms with E-state index < -0.39 is 0 Å². The molecule has 0 saturated heterocycles. The molecule has 0 N–H and O–H groups in total. The number of aromatic nitrogens is 2. The van der Waals surface area contributed by atoms with Gasteiger partial charge in [-0.05, 0) is 24.4 Å². The van der Waals surface area contributed by atoms with Crippen LogP contribution in [0.5, 0.6) is 0 Å². The highest BCUT2D eigenvalue weighted by molar-refractivity contribution is 7.20. The minimum absolute atomic E-state index is 0.0533. The molecule has 5 heteroatoms. The number of amides is 1. The van der Waals surface area contributed by atoms with E-state index in [9.17, 15) is 4.79 Å². The van der Waals surface area contributed by atoms with Crippen molar-refractivity contribution in [2.75, 3.05) is 7.05 Å². The highest BCUT2D eigenvalue weighted by atomic mass is 32.1. The van der Waals surface area contributed by atoms with Crippen LogP contribution in [-0.2, 0) is 6.42 Å². The quantitative estimate of drug-likeness (QED) is 0.742. The first-order chi connectivity index (χ1) is 10.6. The summed E-state index contributed by atoms with van der Waals surface area (Å²) in [6.45, 7) is 2.03. The fourth-order valence-corrected chi connectivity index (χ4v) is 3.38. The van der Waals surface area contributed by atoms with Gasteiger partial charge in [-0.2, -0.15) is 0 Å². The molecule has 1 atom stereocenters.